The number of carbonyl (C=O) groups excluding carboxylic acids is 1. The molecular weight excluding hydrogens is 356 g/mol. The number of aliphatic imine (C=N–C) groups is 1. The molecule has 4 nitrogen and oxygen atoms in total. The maximum absolute atomic E-state index is 13.1. The van der Waals surface area contributed by atoms with E-state index >= 15 is 0 Å². The first-order valence-corrected chi connectivity index (χ1v) is 10.2. The van der Waals surface area contributed by atoms with Gasteiger partial charge in [-0.3, -0.25) is 14.7 Å². The van der Waals surface area contributed by atoms with Gasteiger partial charge in [0, 0.05) is 6.54 Å². The van der Waals surface area contributed by atoms with Crippen LogP contribution in [-0.2, 0) is 11.2 Å². The molecule has 1 fully saturated rings. The number of nitrogens with zero attached hydrogens (tertiary/aromatic N) is 2. The summed E-state index contributed by atoms with van der Waals surface area (Å²) in [7, 11) is 0. The molecule has 1 saturated heterocycles. The van der Waals surface area contributed by atoms with Gasteiger partial charge in [0.05, 0.1) is 17.2 Å². The second-order valence-corrected chi connectivity index (χ2v) is 7.58. The molecule has 2 aromatic carbocycles. The Labute approximate surface area is 163 Å². The lowest BCUT2D eigenvalue weighted by Crippen LogP contribution is -2.28. The fraction of sp³-hybridized carbons (Fsp3) is 0.273. The number of thioether (sulfide) groups is 1. The van der Waals surface area contributed by atoms with Crippen molar-refractivity contribution in [3.63, 3.8) is 0 Å². The number of benzene rings is 2. The topological polar surface area (TPSA) is 41.9 Å². The molecule has 0 spiro atoms. The van der Waals surface area contributed by atoms with Crippen molar-refractivity contribution >= 4 is 34.6 Å². The van der Waals surface area contributed by atoms with E-state index < -0.39 is 0 Å². The zero-order valence-electron chi connectivity index (χ0n) is 15.4. The molecule has 2 aliphatic heterocycles. The number of fused-ring (bicyclic) bond motifs is 1. The third-order valence-corrected chi connectivity index (χ3v) is 5.53. The Morgan fingerprint density at radius 1 is 1.22 bits per heavy atom. The molecule has 2 heterocycles. The number of hydrogen-bond donors (Lipinski definition) is 0. The predicted octanol–water partition coefficient (Wildman–Crippen LogP) is 4.90. The molecule has 0 radical (unpaired) electrons. The average molecular weight is 378 g/mol. The van der Waals surface area contributed by atoms with E-state index in [1.807, 2.05) is 48.5 Å². The Morgan fingerprint density at radius 2 is 2.07 bits per heavy atom. The van der Waals surface area contributed by atoms with Gasteiger partial charge in [0.1, 0.15) is 5.75 Å². The Hall–Kier alpha value is -2.53. The van der Waals surface area contributed by atoms with Gasteiger partial charge in [0.15, 0.2) is 5.17 Å². The third kappa shape index (κ3) is 3.78. The zero-order chi connectivity index (χ0) is 18.6. The van der Waals surface area contributed by atoms with Crippen LogP contribution >= 0.6 is 11.8 Å². The van der Waals surface area contributed by atoms with Crippen LogP contribution in [0.3, 0.4) is 0 Å². The highest BCUT2D eigenvalue weighted by Crippen LogP contribution is 2.36. The van der Waals surface area contributed by atoms with Crippen molar-refractivity contribution in [1.29, 1.82) is 0 Å². The quantitative estimate of drug-likeness (QED) is 0.711. The van der Waals surface area contributed by atoms with Crippen LogP contribution in [0.1, 0.15) is 30.9 Å². The highest BCUT2D eigenvalue weighted by molar-refractivity contribution is 8.19. The molecule has 0 atom stereocenters. The van der Waals surface area contributed by atoms with Gasteiger partial charge >= 0.3 is 0 Å². The molecular formula is C22H22N2O2S. The first-order valence-electron chi connectivity index (χ1n) is 9.35. The summed E-state index contributed by atoms with van der Waals surface area (Å²) in [5.74, 6) is 0.944. The molecule has 0 aromatic heterocycles. The molecule has 1 amide bonds. The van der Waals surface area contributed by atoms with E-state index in [9.17, 15) is 4.79 Å². The minimum absolute atomic E-state index is 0.0185. The van der Waals surface area contributed by atoms with Gasteiger partial charge < -0.3 is 4.74 Å². The largest absolute Gasteiger partial charge is 0.493 e. The van der Waals surface area contributed by atoms with Gasteiger partial charge in [-0.05, 0) is 72.5 Å². The first-order chi connectivity index (χ1) is 13.3. The van der Waals surface area contributed by atoms with Crippen LogP contribution in [0.15, 0.2) is 58.4 Å². The summed E-state index contributed by atoms with van der Waals surface area (Å²) in [5.41, 5.74) is 3.10. The summed E-state index contributed by atoms with van der Waals surface area (Å²) >= 11 is 1.45. The van der Waals surface area contributed by atoms with E-state index in [0.717, 1.165) is 48.0 Å². The van der Waals surface area contributed by atoms with Crippen molar-refractivity contribution < 1.29 is 9.53 Å². The highest BCUT2D eigenvalue weighted by atomic mass is 32.2. The van der Waals surface area contributed by atoms with Crippen LogP contribution in [-0.4, -0.2) is 24.2 Å². The fourth-order valence-corrected chi connectivity index (χ4v) is 4.22. The zero-order valence-corrected chi connectivity index (χ0v) is 16.2. The van der Waals surface area contributed by atoms with Crippen molar-refractivity contribution in [1.82, 2.24) is 0 Å². The monoisotopic (exact) mass is 378 g/mol. The number of anilines is 1. The number of hydrogen-bond acceptors (Lipinski definition) is 4. The third-order valence-electron chi connectivity index (χ3n) is 4.52. The number of ether oxygens (including phenoxy) is 1. The molecule has 0 saturated carbocycles. The minimum atomic E-state index is -0.0185. The van der Waals surface area contributed by atoms with E-state index in [1.54, 1.807) is 4.90 Å². The number of para-hydroxylation sites is 1. The summed E-state index contributed by atoms with van der Waals surface area (Å²) in [6, 6.07) is 15.9. The molecule has 138 valence electrons. The van der Waals surface area contributed by atoms with Gasteiger partial charge in [0.25, 0.3) is 5.91 Å². The molecule has 2 aromatic rings. The van der Waals surface area contributed by atoms with Crippen LogP contribution in [0.4, 0.5) is 5.69 Å². The predicted molar refractivity (Wildman–Crippen MR) is 112 cm³/mol. The van der Waals surface area contributed by atoms with Crippen LogP contribution in [0.2, 0.25) is 0 Å². The van der Waals surface area contributed by atoms with Crippen molar-refractivity contribution in [2.75, 3.05) is 18.1 Å². The number of amides is 1. The second kappa shape index (κ2) is 8.01. The van der Waals surface area contributed by atoms with E-state index in [1.165, 1.54) is 17.3 Å². The molecule has 0 aliphatic carbocycles. The number of aryl methyl sites for hydroxylation is 1. The van der Waals surface area contributed by atoms with Gasteiger partial charge in [-0.2, -0.15) is 0 Å². The molecule has 27 heavy (non-hydrogen) atoms. The van der Waals surface area contributed by atoms with Crippen molar-refractivity contribution in [3.05, 3.63) is 64.6 Å². The molecule has 5 heteroatoms. The van der Waals surface area contributed by atoms with Crippen molar-refractivity contribution in [2.24, 2.45) is 4.99 Å². The average Bonchev–Trinajstić information content (AvgIpc) is 3.02. The van der Waals surface area contributed by atoms with Crippen molar-refractivity contribution in [3.8, 4) is 5.75 Å². The van der Waals surface area contributed by atoms with Crippen molar-refractivity contribution in [2.45, 2.75) is 26.2 Å². The highest BCUT2D eigenvalue weighted by Gasteiger charge is 2.34. The summed E-state index contributed by atoms with van der Waals surface area (Å²) in [6.45, 7) is 3.58. The van der Waals surface area contributed by atoms with E-state index in [0.29, 0.717) is 11.4 Å². The van der Waals surface area contributed by atoms with Gasteiger partial charge in [0.2, 0.25) is 0 Å². The second-order valence-electron chi connectivity index (χ2n) is 6.57. The summed E-state index contributed by atoms with van der Waals surface area (Å²) in [6.07, 6.45) is 4.97. The standard InChI is InChI=1S/C22H22N2O2S/c1-2-12-23-22-24(18-8-4-3-5-9-18)21(25)20(27-22)15-16-10-11-19-17(14-16)7-6-13-26-19/h3-5,8-11,14-15H,2,6-7,12-13H2,1H3/b20-15-,23-22?. The molecule has 0 bridgehead atoms. The summed E-state index contributed by atoms with van der Waals surface area (Å²) in [5, 5.41) is 0.751. The van der Waals surface area contributed by atoms with E-state index in [2.05, 4.69) is 18.0 Å². The maximum Gasteiger partial charge on any atom is 0.271 e. The minimum Gasteiger partial charge on any atom is -0.493 e. The van der Waals surface area contributed by atoms with E-state index in [-0.39, 0.29) is 5.91 Å². The Balaban J connectivity index is 1.67. The van der Waals surface area contributed by atoms with E-state index in [4.69, 9.17) is 4.74 Å². The SMILES string of the molecule is CCCN=C1S/C(=C\c2ccc3c(c2)CCCO3)C(=O)N1c1ccccc1. The maximum atomic E-state index is 13.1. The van der Waals surface area contributed by atoms with Crippen LogP contribution in [0, 0.1) is 0 Å². The smallest absolute Gasteiger partial charge is 0.271 e. The summed E-state index contributed by atoms with van der Waals surface area (Å²) in [4.78, 5) is 20.2. The van der Waals surface area contributed by atoms with Crippen LogP contribution in [0.25, 0.3) is 6.08 Å². The molecule has 4 rings (SSSR count). The molecule has 0 N–H and O–H groups in total. The normalized spacial score (nSPS) is 19.4. The van der Waals surface area contributed by atoms with Crippen LogP contribution < -0.4 is 9.64 Å². The lowest BCUT2D eigenvalue weighted by atomic mass is 10.0. The summed E-state index contributed by atoms with van der Waals surface area (Å²) < 4.78 is 5.69. The number of carbonyl (C=O) groups is 1. The number of amidine groups is 1. The first kappa shape index (κ1) is 17.9. The van der Waals surface area contributed by atoms with Crippen LogP contribution in [0.5, 0.6) is 5.75 Å². The Bertz CT molecular complexity index is 906. The van der Waals surface area contributed by atoms with Gasteiger partial charge in [-0.15, -0.1) is 0 Å². The van der Waals surface area contributed by atoms with Gasteiger partial charge in [-0.1, -0.05) is 31.2 Å². The Morgan fingerprint density at radius 3 is 2.89 bits per heavy atom. The fourth-order valence-electron chi connectivity index (χ4n) is 3.21. The Kier molecular flexibility index (Phi) is 5.30. The molecule has 2 aliphatic rings. The lowest BCUT2D eigenvalue weighted by molar-refractivity contribution is -0.113. The number of rotatable bonds is 4. The molecule has 0 unspecified atom stereocenters. The lowest BCUT2D eigenvalue weighted by Gasteiger charge is -2.17. The van der Waals surface area contributed by atoms with Gasteiger partial charge in [-0.25, -0.2) is 0 Å².